The van der Waals surface area contributed by atoms with Crippen molar-refractivity contribution in [3.63, 3.8) is 0 Å². The Bertz CT molecular complexity index is 717. The molecule has 0 spiro atoms. The predicted octanol–water partition coefficient (Wildman–Crippen LogP) is 4.25. The van der Waals surface area contributed by atoms with Gasteiger partial charge in [0.25, 0.3) is 0 Å². The van der Waals surface area contributed by atoms with Crippen molar-refractivity contribution >= 4 is 24.5 Å². The average Bonchev–Trinajstić information content (AvgIpc) is 2.63. The highest BCUT2D eigenvalue weighted by Gasteiger charge is 2.61. The fraction of sp³-hybridized carbons (Fsp3) is 0.409. The molecule has 0 radical (unpaired) electrons. The summed E-state index contributed by atoms with van der Waals surface area (Å²) < 4.78 is 0. The highest BCUT2D eigenvalue weighted by atomic mass is 31.1. The molecule has 2 aromatic carbocycles. The number of carboxylic acids is 1. The number of rotatable bonds is 4. The Balaban J connectivity index is 1.78. The monoisotopic (exact) mass is 352 g/mol. The summed E-state index contributed by atoms with van der Waals surface area (Å²) in [6.45, 7) is 4.54. The normalized spacial score (nSPS) is 29.9. The molecule has 0 saturated heterocycles. The molecule has 0 amide bonds. The van der Waals surface area contributed by atoms with Crippen molar-refractivity contribution in [2.45, 2.75) is 32.3 Å². The molecule has 3 aliphatic rings. The minimum absolute atomic E-state index is 0.175. The van der Waals surface area contributed by atoms with Gasteiger partial charge in [-0.2, -0.15) is 0 Å². The summed E-state index contributed by atoms with van der Waals surface area (Å²) in [4.78, 5) is 12.3. The number of benzene rings is 2. The van der Waals surface area contributed by atoms with Crippen LogP contribution in [0.5, 0.6) is 0 Å². The van der Waals surface area contributed by atoms with Gasteiger partial charge in [-0.05, 0) is 48.6 Å². The molecular formula is C22H25O2P. The minimum atomic E-state index is -0.659. The van der Waals surface area contributed by atoms with Crippen LogP contribution in [0.15, 0.2) is 60.7 Å². The second-order valence-corrected chi connectivity index (χ2v) is 10.5. The summed E-state index contributed by atoms with van der Waals surface area (Å²) in [6, 6.07) is 21.1. The van der Waals surface area contributed by atoms with Crippen LogP contribution in [0.3, 0.4) is 0 Å². The summed E-state index contributed by atoms with van der Waals surface area (Å²) in [5, 5.41) is 12.7. The summed E-state index contributed by atoms with van der Waals surface area (Å²) in [5.41, 5.74) is 0.405. The Morgan fingerprint density at radius 3 is 1.92 bits per heavy atom. The van der Waals surface area contributed by atoms with Gasteiger partial charge in [0.15, 0.2) is 0 Å². The number of fused-ring (bicyclic) bond motifs is 2. The lowest BCUT2D eigenvalue weighted by molar-refractivity contribution is -0.163. The van der Waals surface area contributed by atoms with Crippen LogP contribution in [0.2, 0.25) is 0 Å². The number of carbonyl (C=O) groups is 1. The molecule has 5 rings (SSSR count). The second-order valence-electron chi connectivity index (χ2n) is 8.07. The number of aliphatic carboxylic acids is 1. The zero-order valence-corrected chi connectivity index (χ0v) is 15.7. The van der Waals surface area contributed by atoms with Crippen LogP contribution in [0, 0.1) is 23.2 Å². The van der Waals surface area contributed by atoms with Crippen LogP contribution >= 0.6 is 7.92 Å². The number of hydrogen-bond donors (Lipinski definition) is 1. The van der Waals surface area contributed by atoms with E-state index in [1.165, 1.54) is 10.6 Å². The van der Waals surface area contributed by atoms with Crippen LogP contribution in [-0.2, 0) is 4.79 Å². The predicted molar refractivity (Wildman–Crippen MR) is 104 cm³/mol. The van der Waals surface area contributed by atoms with Crippen molar-refractivity contribution in [3.8, 4) is 0 Å². The Hall–Kier alpha value is -1.66. The first kappa shape index (κ1) is 16.8. The van der Waals surface area contributed by atoms with E-state index in [1.807, 2.05) is 12.1 Å². The summed E-state index contributed by atoms with van der Waals surface area (Å²) >= 11 is 0. The third-order valence-corrected chi connectivity index (χ3v) is 9.51. The maximum Gasteiger partial charge on any atom is 0.307 e. The smallest absolute Gasteiger partial charge is 0.307 e. The van der Waals surface area contributed by atoms with Crippen molar-refractivity contribution in [2.24, 2.45) is 23.2 Å². The molecule has 3 fully saturated rings. The molecule has 2 unspecified atom stereocenters. The first-order valence-corrected chi connectivity index (χ1v) is 10.5. The van der Waals surface area contributed by atoms with Gasteiger partial charge in [-0.3, -0.25) is 4.79 Å². The third kappa shape index (κ3) is 2.72. The highest BCUT2D eigenvalue weighted by Crippen LogP contribution is 2.66. The average molecular weight is 352 g/mol. The maximum absolute atomic E-state index is 12.3. The van der Waals surface area contributed by atoms with Crippen molar-refractivity contribution in [3.05, 3.63) is 60.7 Å². The van der Waals surface area contributed by atoms with Crippen LogP contribution in [-0.4, -0.2) is 16.7 Å². The molecule has 3 saturated carbocycles. The van der Waals surface area contributed by atoms with Gasteiger partial charge in [0, 0.05) is 5.66 Å². The molecule has 2 nitrogen and oxygen atoms in total. The number of carboxylic acid groups (broad SMARTS) is 1. The summed E-state index contributed by atoms with van der Waals surface area (Å²) in [6.07, 6.45) is 2.13. The molecule has 3 heteroatoms. The zero-order chi connectivity index (χ0) is 17.6. The minimum Gasteiger partial charge on any atom is -0.481 e. The van der Waals surface area contributed by atoms with E-state index in [0.29, 0.717) is 11.8 Å². The van der Waals surface area contributed by atoms with E-state index >= 15 is 0 Å². The van der Waals surface area contributed by atoms with Crippen LogP contribution in [0.4, 0.5) is 0 Å². The van der Waals surface area contributed by atoms with Crippen LogP contribution in [0.1, 0.15) is 26.7 Å². The molecule has 3 aliphatic carbocycles. The molecule has 130 valence electrons. The SMILES string of the molecule is CC1(C)C2CC1[C@H](C(=O)O)[C@@H](P(c1ccccc1)c1ccccc1)C2. The zero-order valence-electron chi connectivity index (χ0n) is 14.8. The van der Waals surface area contributed by atoms with E-state index in [1.54, 1.807) is 0 Å². The largest absolute Gasteiger partial charge is 0.481 e. The van der Waals surface area contributed by atoms with Gasteiger partial charge in [0.2, 0.25) is 0 Å². The van der Waals surface area contributed by atoms with Crippen molar-refractivity contribution in [1.82, 2.24) is 0 Å². The van der Waals surface area contributed by atoms with Gasteiger partial charge in [-0.1, -0.05) is 74.5 Å². The lowest BCUT2D eigenvalue weighted by Gasteiger charge is -2.62. The fourth-order valence-corrected chi connectivity index (χ4v) is 8.26. The summed E-state index contributed by atoms with van der Waals surface area (Å²) in [7, 11) is -0.659. The molecule has 25 heavy (non-hydrogen) atoms. The lowest BCUT2D eigenvalue weighted by atomic mass is 9.45. The standard InChI is InChI=1S/C22H25O2P/c1-22(2)15-13-18(22)20(21(23)24)19(14-15)25(16-9-5-3-6-10-16)17-11-7-4-8-12-17/h3-12,15,18-20H,13-14H2,1-2H3,(H,23,24)/t15?,18?,19-,20-/m0/s1. The van der Waals surface area contributed by atoms with Gasteiger partial charge in [-0.15, -0.1) is 0 Å². The summed E-state index contributed by atoms with van der Waals surface area (Å²) in [5.74, 6) is 0.147. The third-order valence-electron chi connectivity index (χ3n) is 6.61. The Labute approximate surface area is 151 Å². The van der Waals surface area contributed by atoms with E-state index in [2.05, 4.69) is 62.4 Å². The Morgan fingerprint density at radius 2 is 1.48 bits per heavy atom. The quantitative estimate of drug-likeness (QED) is 0.835. The van der Waals surface area contributed by atoms with Gasteiger partial charge in [0.1, 0.15) is 0 Å². The molecule has 0 heterocycles. The van der Waals surface area contributed by atoms with Crippen molar-refractivity contribution < 1.29 is 9.90 Å². The molecular weight excluding hydrogens is 327 g/mol. The second kappa shape index (κ2) is 6.25. The molecule has 0 aromatic heterocycles. The first-order valence-electron chi connectivity index (χ1n) is 9.12. The molecule has 4 atom stereocenters. The fourth-order valence-electron chi connectivity index (χ4n) is 5.08. The van der Waals surface area contributed by atoms with Crippen molar-refractivity contribution in [2.75, 3.05) is 0 Å². The van der Waals surface area contributed by atoms with E-state index in [9.17, 15) is 9.90 Å². The highest BCUT2D eigenvalue weighted by molar-refractivity contribution is 7.73. The topological polar surface area (TPSA) is 37.3 Å². The van der Waals surface area contributed by atoms with Crippen LogP contribution in [0.25, 0.3) is 0 Å². The maximum atomic E-state index is 12.3. The first-order chi connectivity index (χ1) is 12.0. The van der Waals surface area contributed by atoms with Crippen LogP contribution < -0.4 is 10.6 Å². The Morgan fingerprint density at radius 1 is 0.960 bits per heavy atom. The van der Waals surface area contributed by atoms with Gasteiger partial charge >= 0.3 is 5.97 Å². The molecule has 2 bridgehead atoms. The molecule has 1 N–H and O–H groups in total. The number of hydrogen-bond acceptors (Lipinski definition) is 1. The van der Waals surface area contributed by atoms with E-state index in [-0.39, 0.29) is 17.0 Å². The molecule has 0 aliphatic heterocycles. The Kier molecular flexibility index (Phi) is 4.20. The van der Waals surface area contributed by atoms with E-state index < -0.39 is 13.9 Å². The van der Waals surface area contributed by atoms with Crippen molar-refractivity contribution in [1.29, 1.82) is 0 Å². The van der Waals surface area contributed by atoms with Gasteiger partial charge in [0.05, 0.1) is 5.92 Å². The van der Waals surface area contributed by atoms with Gasteiger partial charge in [-0.25, -0.2) is 0 Å². The van der Waals surface area contributed by atoms with E-state index in [0.717, 1.165) is 12.8 Å². The lowest BCUT2D eigenvalue weighted by Crippen LogP contribution is -2.59. The van der Waals surface area contributed by atoms with Gasteiger partial charge < -0.3 is 5.11 Å². The molecule has 2 aromatic rings. The van der Waals surface area contributed by atoms with E-state index in [4.69, 9.17) is 0 Å².